The molecule has 0 amide bonds. The van der Waals surface area contributed by atoms with Gasteiger partial charge in [0.2, 0.25) is 0 Å². The van der Waals surface area contributed by atoms with E-state index in [0.29, 0.717) is 0 Å². The van der Waals surface area contributed by atoms with E-state index in [1.165, 1.54) is 0 Å². The first-order valence-electron chi connectivity index (χ1n) is 5.37. The van der Waals surface area contributed by atoms with Crippen LogP contribution in [-0.4, -0.2) is 5.97 Å². The fourth-order valence-electron chi connectivity index (χ4n) is 1.86. The summed E-state index contributed by atoms with van der Waals surface area (Å²) < 4.78 is 5.12. The molecule has 17 heavy (non-hydrogen) atoms. The number of esters is 1. The number of terminal acetylenes is 1. The Labute approximate surface area is 100 Å². The minimum atomic E-state index is -0.634. The van der Waals surface area contributed by atoms with Gasteiger partial charge in [0.25, 0.3) is 0 Å². The minimum Gasteiger partial charge on any atom is -0.448 e. The fourth-order valence-corrected chi connectivity index (χ4v) is 1.86. The van der Waals surface area contributed by atoms with Crippen LogP contribution in [0.2, 0.25) is 0 Å². The van der Waals surface area contributed by atoms with Gasteiger partial charge in [0.05, 0.1) is 0 Å². The smallest absolute Gasteiger partial charge is 0.384 e. The van der Waals surface area contributed by atoms with Crippen LogP contribution in [0.3, 0.4) is 0 Å². The van der Waals surface area contributed by atoms with Crippen LogP contribution in [0.1, 0.15) is 18.6 Å². The van der Waals surface area contributed by atoms with Gasteiger partial charge in [0.1, 0.15) is 6.10 Å². The van der Waals surface area contributed by atoms with Gasteiger partial charge in [-0.15, -0.1) is 6.42 Å². The molecule has 84 valence electrons. The molecule has 0 saturated heterocycles. The summed E-state index contributed by atoms with van der Waals surface area (Å²) in [6.45, 7) is 1.82. The van der Waals surface area contributed by atoms with Crippen LogP contribution in [0.5, 0.6) is 0 Å². The molecule has 0 aliphatic rings. The van der Waals surface area contributed by atoms with Crippen molar-refractivity contribution in [1.29, 1.82) is 0 Å². The zero-order valence-electron chi connectivity index (χ0n) is 9.51. The molecule has 1 atom stereocenters. The highest BCUT2D eigenvalue weighted by atomic mass is 16.5. The van der Waals surface area contributed by atoms with E-state index < -0.39 is 5.97 Å². The maximum atomic E-state index is 11.1. The number of carbonyl (C=O) groups excluding carboxylic acids is 1. The summed E-state index contributed by atoms with van der Waals surface area (Å²) in [5, 5.41) is 2.20. The van der Waals surface area contributed by atoms with Crippen molar-refractivity contribution in [3.8, 4) is 12.3 Å². The highest BCUT2D eigenvalue weighted by Crippen LogP contribution is 2.26. The van der Waals surface area contributed by atoms with E-state index in [-0.39, 0.29) is 6.10 Å². The maximum absolute atomic E-state index is 11.1. The predicted octanol–water partition coefficient (Wildman–Crippen LogP) is 3.08. The largest absolute Gasteiger partial charge is 0.448 e. The summed E-state index contributed by atoms with van der Waals surface area (Å²) in [7, 11) is 0. The van der Waals surface area contributed by atoms with Crippen molar-refractivity contribution in [3.05, 3.63) is 48.0 Å². The second kappa shape index (κ2) is 4.71. The van der Waals surface area contributed by atoms with Crippen LogP contribution in [0, 0.1) is 12.3 Å². The Hall–Kier alpha value is -2.27. The van der Waals surface area contributed by atoms with Crippen molar-refractivity contribution in [2.45, 2.75) is 13.0 Å². The lowest BCUT2D eigenvalue weighted by atomic mass is 10.0. The third-order valence-electron chi connectivity index (χ3n) is 2.66. The standard InChI is InChI=1S/C15H12O2/c1-3-15(16)17-11(2)13-10-6-8-12-7-4-5-9-14(12)13/h1,4-11H,2H3/t11-/m1/s1. The Morgan fingerprint density at radius 2 is 1.94 bits per heavy atom. The molecule has 0 radical (unpaired) electrons. The second-order valence-electron chi connectivity index (χ2n) is 3.76. The quantitative estimate of drug-likeness (QED) is 0.445. The maximum Gasteiger partial charge on any atom is 0.384 e. The number of hydrogen-bond acceptors (Lipinski definition) is 2. The van der Waals surface area contributed by atoms with Crippen LogP contribution >= 0.6 is 0 Å². The number of ether oxygens (including phenoxy) is 1. The fraction of sp³-hybridized carbons (Fsp3) is 0.133. The molecule has 0 unspecified atom stereocenters. The van der Waals surface area contributed by atoms with E-state index in [2.05, 4.69) is 0 Å². The van der Waals surface area contributed by atoms with E-state index in [1.54, 1.807) is 0 Å². The van der Waals surface area contributed by atoms with E-state index in [9.17, 15) is 4.79 Å². The topological polar surface area (TPSA) is 26.3 Å². The summed E-state index contributed by atoms with van der Waals surface area (Å²) in [5.74, 6) is 1.32. The van der Waals surface area contributed by atoms with E-state index in [0.717, 1.165) is 16.3 Å². The van der Waals surface area contributed by atoms with E-state index in [1.807, 2.05) is 55.3 Å². The Morgan fingerprint density at radius 1 is 1.24 bits per heavy atom. The Balaban J connectivity index is 2.42. The molecule has 0 heterocycles. The van der Waals surface area contributed by atoms with Gasteiger partial charge in [0.15, 0.2) is 0 Å². The highest BCUT2D eigenvalue weighted by Gasteiger charge is 2.12. The van der Waals surface area contributed by atoms with Crippen LogP contribution in [0.4, 0.5) is 0 Å². The van der Waals surface area contributed by atoms with Gasteiger partial charge >= 0.3 is 5.97 Å². The molecular formula is C15H12O2. The summed E-state index contributed by atoms with van der Waals surface area (Å²) in [5.41, 5.74) is 0.965. The van der Waals surface area contributed by atoms with Gasteiger partial charge in [-0.05, 0) is 17.7 Å². The molecular weight excluding hydrogens is 212 g/mol. The zero-order valence-corrected chi connectivity index (χ0v) is 9.51. The molecule has 2 rings (SSSR count). The van der Waals surface area contributed by atoms with Crippen molar-refractivity contribution in [2.75, 3.05) is 0 Å². The van der Waals surface area contributed by atoms with Gasteiger partial charge in [-0.25, -0.2) is 4.79 Å². The molecule has 0 bridgehead atoms. The van der Waals surface area contributed by atoms with Crippen molar-refractivity contribution < 1.29 is 9.53 Å². The summed E-state index contributed by atoms with van der Waals surface area (Å²) >= 11 is 0. The highest BCUT2D eigenvalue weighted by molar-refractivity contribution is 5.89. The van der Waals surface area contributed by atoms with Gasteiger partial charge in [-0.1, -0.05) is 42.5 Å². The van der Waals surface area contributed by atoms with Crippen LogP contribution in [0.15, 0.2) is 42.5 Å². The number of rotatable bonds is 2. The van der Waals surface area contributed by atoms with Crippen LogP contribution < -0.4 is 0 Å². The second-order valence-corrected chi connectivity index (χ2v) is 3.76. The van der Waals surface area contributed by atoms with Crippen molar-refractivity contribution in [2.24, 2.45) is 0 Å². The lowest BCUT2D eigenvalue weighted by Gasteiger charge is -2.14. The van der Waals surface area contributed by atoms with E-state index in [4.69, 9.17) is 11.2 Å². The normalized spacial score (nSPS) is 11.8. The summed E-state index contributed by atoms with van der Waals surface area (Å²) in [4.78, 5) is 11.1. The lowest BCUT2D eigenvalue weighted by Crippen LogP contribution is -2.06. The molecule has 2 aromatic rings. The molecule has 0 N–H and O–H groups in total. The summed E-state index contributed by atoms with van der Waals surface area (Å²) in [6, 6.07) is 13.9. The molecule has 2 heteroatoms. The molecule has 0 aliphatic heterocycles. The third kappa shape index (κ3) is 2.29. The number of carbonyl (C=O) groups is 1. The van der Waals surface area contributed by atoms with E-state index >= 15 is 0 Å². The number of benzene rings is 2. The van der Waals surface area contributed by atoms with Gasteiger partial charge in [0, 0.05) is 11.5 Å². The van der Waals surface area contributed by atoms with Crippen molar-refractivity contribution in [3.63, 3.8) is 0 Å². The third-order valence-corrected chi connectivity index (χ3v) is 2.66. The molecule has 0 aromatic heterocycles. The number of hydrogen-bond donors (Lipinski definition) is 0. The first-order valence-corrected chi connectivity index (χ1v) is 5.37. The first kappa shape index (κ1) is 11.2. The van der Waals surface area contributed by atoms with Gasteiger partial charge < -0.3 is 4.74 Å². The van der Waals surface area contributed by atoms with Gasteiger partial charge in [-0.2, -0.15) is 0 Å². The monoisotopic (exact) mass is 224 g/mol. The number of fused-ring (bicyclic) bond motifs is 1. The molecule has 2 nitrogen and oxygen atoms in total. The molecule has 0 saturated carbocycles. The molecule has 0 spiro atoms. The summed E-state index contributed by atoms with van der Waals surface area (Å²) in [6.07, 6.45) is 4.64. The minimum absolute atomic E-state index is 0.343. The molecule has 2 aromatic carbocycles. The Kier molecular flexibility index (Phi) is 3.11. The molecule has 0 aliphatic carbocycles. The van der Waals surface area contributed by atoms with Crippen molar-refractivity contribution >= 4 is 16.7 Å². The Bertz CT molecular complexity index is 588. The van der Waals surface area contributed by atoms with Crippen molar-refractivity contribution in [1.82, 2.24) is 0 Å². The van der Waals surface area contributed by atoms with Crippen LogP contribution in [0.25, 0.3) is 10.8 Å². The zero-order chi connectivity index (χ0) is 12.3. The first-order chi connectivity index (χ1) is 8.22. The average molecular weight is 224 g/mol. The van der Waals surface area contributed by atoms with Crippen LogP contribution in [-0.2, 0) is 9.53 Å². The van der Waals surface area contributed by atoms with Gasteiger partial charge in [-0.3, -0.25) is 0 Å². The predicted molar refractivity (Wildman–Crippen MR) is 67.3 cm³/mol. The Morgan fingerprint density at radius 3 is 2.71 bits per heavy atom. The average Bonchev–Trinajstić information content (AvgIpc) is 2.37. The molecule has 0 fully saturated rings. The SMILES string of the molecule is C#CC(=O)O[C@H](C)c1cccc2ccccc12. The lowest BCUT2D eigenvalue weighted by molar-refractivity contribution is -0.141.